The molecule has 1 aliphatic heterocycles. The number of amides is 1. The molecule has 0 spiro atoms. The van der Waals surface area contributed by atoms with E-state index in [0.29, 0.717) is 0 Å². The van der Waals surface area contributed by atoms with Crippen molar-refractivity contribution in [3.8, 4) is 5.75 Å². The number of phenols is 1. The van der Waals surface area contributed by atoms with E-state index in [1.807, 2.05) is 0 Å². The van der Waals surface area contributed by atoms with E-state index in [1.165, 1.54) is 12.1 Å². The van der Waals surface area contributed by atoms with Crippen LogP contribution in [0.2, 0.25) is 0 Å². The number of carbonyl (C=O) groups is 1. The molecule has 1 amide bonds. The Bertz CT molecular complexity index is 405. The molecule has 0 radical (unpaired) electrons. The van der Waals surface area contributed by atoms with Gasteiger partial charge in [-0.15, -0.1) is 0 Å². The zero-order valence-electron chi connectivity index (χ0n) is 8.57. The van der Waals surface area contributed by atoms with Crippen LogP contribution in [0.5, 0.6) is 5.75 Å². The fraction of sp³-hybridized carbons (Fsp3) is 0.364. The van der Waals surface area contributed by atoms with Crippen LogP contribution in [0.15, 0.2) is 18.2 Å². The van der Waals surface area contributed by atoms with Gasteiger partial charge in [0.25, 0.3) is 5.91 Å². The van der Waals surface area contributed by atoms with Crippen molar-refractivity contribution in [3.05, 3.63) is 29.6 Å². The van der Waals surface area contributed by atoms with Crippen LogP contribution in [0.1, 0.15) is 16.8 Å². The van der Waals surface area contributed by atoms with Crippen LogP contribution in [0.4, 0.5) is 4.39 Å². The molecule has 2 N–H and O–H groups in total. The van der Waals surface area contributed by atoms with Gasteiger partial charge in [-0.05, 0) is 24.3 Å². The molecule has 16 heavy (non-hydrogen) atoms. The monoisotopic (exact) mass is 241 g/mol. The van der Waals surface area contributed by atoms with Gasteiger partial charge in [0.1, 0.15) is 11.6 Å². The van der Waals surface area contributed by atoms with Gasteiger partial charge in [-0.3, -0.25) is 4.79 Å². The van der Waals surface area contributed by atoms with Gasteiger partial charge in [-0.25, -0.2) is 4.39 Å². The topological polar surface area (TPSA) is 49.3 Å². The van der Waals surface area contributed by atoms with Crippen molar-refractivity contribution in [2.24, 2.45) is 0 Å². The zero-order valence-corrected chi connectivity index (χ0v) is 9.39. The average Bonchev–Trinajstić information content (AvgIpc) is 2.70. The second-order valence-corrected chi connectivity index (χ2v) is 4.85. The summed E-state index contributed by atoms with van der Waals surface area (Å²) in [7, 11) is 0. The van der Waals surface area contributed by atoms with Crippen LogP contribution in [0.3, 0.4) is 0 Å². The number of phenolic OH excluding ortho intramolecular Hbond substituents is 1. The number of hydrogen-bond donors (Lipinski definition) is 2. The minimum atomic E-state index is -0.692. The quantitative estimate of drug-likeness (QED) is 0.829. The smallest absolute Gasteiger partial charge is 0.254 e. The third kappa shape index (κ3) is 2.47. The number of halogens is 1. The lowest BCUT2D eigenvalue weighted by molar-refractivity contribution is 0.0937. The molecule has 0 saturated carbocycles. The summed E-state index contributed by atoms with van der Waals surface area (Å²) in [5.74, 6) is 0.632. The molecule has 1 atom stereocenters. The van der Waals surface area contributed by atoms with Crippen molar-refractivity contribution < 1.29 is 14.3 Å². The highest BCUT2D eigenvalue weighted by Gasteiger charge is 2.20. The Labute approximate surface area is 97.0 Å². The highest BCUT2D eigenvalue weighted by Crippen LogP contribution is 2.19. The summed E-state index contributed by atoms with van der Waals surface area (Å²) >= 11 is 1.78. The Morgan fingerprint density at radius 3 is 3.00 bits per heavy atom. The molecular formula is C11H12FNO2S. The summed E-state index contributed by atoms with van der Waals surface area (Å²) in [5, 5.41) is 11.8. The second-order valence-electron chi connectivity index (χ2n) is 3.70. The number of rotatable bonds is 2. The standard InChI is InChI=1S/C11H12FNO2S/c12-10-5-8(14)1-2-9(10)11(15)13-7-3-4-16-6-7/h1-2,5,7,14H,3-4,6H2,(H,13,15). The number of hydrogen-bond acceptors (Lipinski definition) is 3. The van der Waals surface area contributed by atoms with E-state index in [2.05, 4.69) is 5.32 Å². The summed E-state index contributed by atoms with van der Waals surface area (Å²) in [6, 6.07) is 3.67. The molecule has 0 aliphatic carbocycles. The lowest BCUT2D eigenvalue weighted by atomic mass is 10.1. The van der Waals surface area contributed by atoms with E-state index in [9.17, 15) is 9.18 Å². The van der Waals surface area contributed by atoms with Crippen LogP contribution in [-0.2, 0) is 0 Å². The molecule has 1 saturated heterocycles. The number of nitrogens with one attached hydrogen (secondary N) is 1. The minimum absolute atomic E-state index is 0.0188. The summed E-state index contributed by atoms with van der Waals surface area (Å²) in [6.45, 7) is 0. The van der Waals surface area contributed by atoms with Gasteiger partial charge in [-0.2, -0.15) is 11.8 Å². The SMILES string of the molecule is O=C(NC1CCSC1)c1ccc(O)cc1F. The van der Waals surface area contributed by atoms with Gasteiger partial charge in [0, 0.05) is 17.9 Å². The molecule has 5 heteroatoms. The van der Waals surface area contributed by atoms with Gasteiger partial charge in [-0.1, -0.05) is 0 Å². The van der Waals surface area contributed by atoms with E-state index in [4.69, 9.17) is 5.11 Å². The zero-order chi connectivity index (χ0) is 11.5. The molecule has 1 aromatic rings. The Morgan fingerprint density at radius 1 is 1.56 bits per heavy atom. The van der Waals surface area contributed by atoms with Crippen LogP contribution < -0.4 is 5.32 Å². The van der Waals surface area contributed by atoms with Gasteiger partial charge in [0.15, 0.2) is 0 Å². The van der Waals surface area contributed by atoms with Gasteiger partial charge in [0.05, 0.1) is 5.56 Å². The molecule has 1 fully saturated rings. The first kappa shape index (κ1) is 11.3. The molecule has 0 aromatic heterocycles. The average molecular weight is 241 g/mol. The summed E-state index contributed by atoms with van der Waals surface area (Å²) in [5.41, 5.74) is -0.0188. The van der Waals surface area contributed by atoms with E-state index in [0.717, 1.165) is 24.0 Å². The fourth-order valence-electron chi connectivity index (χ4n) is 1.60. The molecule has 3 nitrogen and oxygen atoms in total. The van der Waals surface area contributed by atoms with Crippen molar-refractivity contribution in [2.45, 2.75) is 12.5 Å². The van der Waals surface area contributed by atoms with E-state index >= 15 is 0 Å². The third-order valence-corrected chi connectivity index (χ3v) is 3.62. The van der Waals surface area contributed by atoms with E-state index in [1.54, 1.807) is 11.8 Å². The Hall–Kier alpha value is -1.23. The van der Waals surface area contributed by atoms with Crippen molar-refractivity contribution in [3.63, 3.8) is 0 Å². The first-order valence-electron chi connectivity index (χ1n) is 5.04. The maximum absolute atomic E-state index is 13.3. The van der Waals surface area contributed by atoms with Crippen LogP contribution in [0.25, 0.3) is 0 Å². The Morgan fingerprint density at radius 2 is 2.38 bits per heavy atom. The Kier molecular flexibility index (Phi) is 3.33. The maximum Gasteiger partial charge on any atom is 0.254 e. The second kappa shape index (κ2) is 4.74. The van der Waals surface area contributed by atoms with Crippen molar-refractivity contribution in [2.75, 3.05) is 11.5 Å². The molecule has 1 aromatic carbocycles. The maximum atomic E-state index is 13.3. The van der Waals surface area contributed by atoms with Gasteiger partial charge in [0.2, 0.25) is 0 Å². The summed E-state index contributed by atoms with van der Waals surface area (Å²) < 4.78 is 13.3. The first-order valence-corrected chi connectivity index (χ1v) is 6.19. The highest BCUT2D eigenvalue weighted by molar-refractivity contribution is 7.99. The van der Waals surface area contributed by atoms with E-state index < -0.39 is 11.7 Å². The lowest BCUT2D eigenvalue weighted by Crippen LogP contribution is -2.35. The summed E-state index contributed by atoms with van der Waals surface area (Å²) in [4.78, 5) is 11.7. The molecule has 1 aliphatic rings. The molecule has 86 valence electrons. The number of benzene rings is 1. The largest absolute Gasteiger partial charge is 0.508 e. The highest BCUT2D eigenvalue weighted by atomic mass is 32.2. The minimum Gasteiger partial charge on any atom is -0.508 e. The van der Waals surface area contributed by atoms with Crippen molar-refractivity contribution in [1.29, 1.82) is 0 Å². The third-order valence-electron chi connectivity index (χ3n) is 2.46. The number of thioether (sulfide) groups is 1. The molecule has 0 bridgehead atoms. The van der Waals surface area contributed by atoms with E-state index in [-0.39, 0.29) is 17.4 Å². The fourth-order valence-corrected chi connectivity index (χ4v) is 2.75. The number of aromatic hydroxyl groups is 1. The summed E-state index contributed by atoms with van der Waals surface area (Å²) in [6.07, 6.45) is 0.927. The van der Waals surface area contributed by atoms with Crippen molar-refractivity contribution in [1.82, 2.24) is 5.32 Å². The van der Waals surface area contributed by atoms with Gasteiger partial charge >= 0.3 is 0 Å². The molecule has 2 rings (SSSR count). The number of carbonyl (C=O) groups excluding carboxylic acids is 1. The predicted molar refractivity (Wildman–Crippen MR) is 61.3 cm³/mol. The predicted octanol–water partition coefficient (Wildman–Crippen LogP) is 1.77. The first-order chi connectivity index (χ1) is 7.66. The van der Waals surface area contributed by atoms with Crippen molar-refractivity contribution >= 4 is 17.7 Å². The molecular weight excluding hydrogens is 229 g/mol. The van der Waals surface area contributed by atoms with Crippen LogP contribution in [-0.4, -0.2) is 28.6 Å². The van der Waals surface area contributed by atoms with Crippen LogP contribution in [0, 0.1) is 5.82 Å². The lowest BCUT2D eigenvalue weighted by Gasteiger charge is -2.11. The van der Waals surface area contributed by atoms with Gasteiger partial charge < -0.3 is 10.4 Å². The van der Waals surface area contributed by atoms with Crippen LogP contribution >= 0.6 is 11.8 Å². The molecule has 1 heterocycles. The molecule has 1 unspecified atom stereocenters. The normalized spacial score (nSPS) is 19.7. The Balaban J connectivity index is 2.08.